The van der Waals surface area contributed by atoms with Gasteiger partial charge in [0.25, 0.3) is 0 Å². The Hall–Kier alpha value is -1.49. The Balaban J connectivity index is 2.56. The molecule has 0 atom stereocenters. The minimum atomic E-state index is -0.973. The molecule has 1 amide bonds. The molecule has 0 aliphatic heterocycles. The molecule has 0 aliphatic rings. The summed E-state index contributed by atoms with van der Waals surface area (Å²) in [7, 11) is 0. The second-order valence-corrected chi connectivity index (χ2v) is 6.21. The van der Waals surface area contributed by atoms with Gasteiger partial charge in [0.05, 0.1) is 5.75 Å². The van der Waals surface area contributed by atoms with Crippen LogP contribution in [0.2, 0.25) is 0 Å². The monoisotopic (exact) mass is 295 g/mol. The Kier molecular flexibility index (Phi) is 6.58. The zero-order valence-electron chi connectivity index (χ0n) is 12.1. The minimum Gasteiger partial charge on any atom is -0.480 e. The van der Waals surface area contributed by atoms with Crippen molar-refractivity contribution in [3.8, 4) is 0 Å². The highest BCUT2D eigenvalue weighted by atomic mass is 32.2. The molecule has 20 heavy (non-hydrogen) atoms. The molecule has 1 aromatic rings. The fourth-order valence-corrected chi connectivity index (χ4v) is 2.53. The van der Waals surface area contributed by atoms with Crippen LogP contribution >= 0.6 is 11.8 Å². The quantitative estimate of drug-likeness (QED) is 0.786. The molecule has 1 rings (SSSR count). The van der Waals surface area contributed by atoms with E-state index in [1.807, 2.05) is 45.0 Å². The molecule has 0 saturated carbocycles. The fraction of sp³-hybridized carbons (Fsp3) is 0.467. The van der Waals surface area contributed by atoms with Crippen LogP contribution in [0.3, 0.4) is 0 Å². The van der Waals surface area contributed by atoms with E-state index < -0.39 is 5.97 Å². The van der Waals surface area contributed by atoms with E-state index in [1.54, 1.807) is 0 Å². The van der Waals surface area contributed by atoms with Crippen LogP contribution in [0.1, 0.15) is 19.4 Å². The third kappa shape index (κ3) is 6.10. The van der Waals surface area contributed by atoms with Crippen molar-refractivity contribution in [2.24, 2.45) is 5.92 Å². The van der Waals surface area contributed by atoms with Crippen molar-refractivity contribution in [2.45, 2.75) is 25.7 Å². The van der Waals surface area contributed by atoms with Crippen LogP contribution in [-0.2, 0) is 9.59 Å². The lowest BCUT2D eigenvalue weighted by atomic mass is 10.2. The van der Waals surface area contributed by atoms with Gasteiger partial charge >= 0.3 is 5.97 Å². The number of hydrogen-bond acceptors (Lipinski definition) is 3. The van der Waals surface area contributed by atoms with Crippen molar-refractivity contribution in [1.82, 2.24) is 4.90 Å². The maximum atomic E-state index is 12.1. The average Bonchev–Trinajstić information content (AvgIpc) is 2.36. The van der Waals surface area contributed by atoms with Gasteiger partial charge < -0.3 is 10.0 Å². The normalized spacial score (nSPS) is 10.6. The van der Waals surface area contributed by atoms with Crippen molar-refractivity contribution in [1.29, 1.82) is 0 Å². The van der Waals surface area contributed by atoms with E-state index in [4.69, 9.17) is 5.11 Å². The number of carboxylic acids is 1. The van der Waals surface area contributed by atoms with Crippen molar-refractivity contribution < 1.29 is 14.7 Å². The van der Waals surface area contributed by atoms with Crippen LogP contribution in [0, 0.1) is 12.8 Å². The third-order valence-electron chi connectivity index (χ3n) is 2.65. The van der Waals surface area contributed by atoms with Gasteiger partial charge in [-0.25, -0.2) is 0 Å². The predicted octanol–water partition coefficient (Wildman–Crippen LogP) is 2.66. The molecular formula is C15H21NO3S. The van der Waals surface area contributed by atoms with E-state index in [2.05, 4.69) is 0 Å². The van der Waals surface area contributed by atoms with E-state index in [0.717, 1.165) is 4.90 Å². The Morgan fingerprint density at radius 1 is 1.25 bits per heavy atom. The van der Waals surface area contributed by atoms with Crippen molar-refractivity contribution in [3.05, 3.63) is 29.8 Å². The van der Waals surface area contributed by atoms with Gasteiger partial charge in [0.15, 0.2) is 0 Å². The van der Waals surface area contributed by atoms with Gasteiger partial charge in [-0.3, -0.25) is 9.59 Å². The summed E-state index contributed by atoms with van der Waals surface area (Å²) in [5, 5.41) is 8.86. The van der Waals surface area contributed by atoms with Gasteiger partial charge in [0.1, 0.15) is 6.54 Å². The molecule has 4 nitrogen and oxygen atoms in total. The molecule has 0 heterocycles. The average molecular weight is 295 g/mol. The van der Waals surface area contributed by atoms with Crippen molar-refractivity contribution >= 4 is 23.6 Å². The van der Waals surface area contributed by atoms with Crippen LogP contribution in [-0.4, -0.2) is 40.7 Å². The molecule has 0 radical (unpaired) electrons. The topological polar surface area (TPSA) is 57.6 Å². The van der Waals surface area contributed by atoms with Crippen LogP contribution in [0.5, 0.6) is 0 Å². The third-order valence-corrected chi connectivity index (χ3v) is 3.64. The Labute approximate surface area is 124 Å². The highest BCUT2D eigenvalue weighted by Crippen LogP contribution is 2.19. The fourth-order valence-electron chi connectivity index (χ4n) is 1.73. The Bertz CT molecular complexity index is 457. The summed E-state index contributed by atoms with van der Waals surface area (Å²) in [5.74, 6) is -0.586. The molecule has 0 aliphatic carbocycles. The van der Waals surface area contributed by atoms with Crippen molar-refractivity contribution in [2.75, 3.05) is 18.8 Å². The van der Waals surface area contributed by atoms with Crippen LogP contribution in [0.4, 0.5) is 0 Å². The molecule has 0 fully saturated rings. The maximum absolute atomic E-state index is 12.1. The lowest BCUT2D eigenvalue weighted by Gasteiger charge is -2.22. The summed E-state index contributed by atoms with van der Waals surface area (Å²) in [6.07, 6.45) is 0. The van der Waals surface area contributed by atoms with Crippen LogP contribution < -0.4 is 0 Å². The van der Waals surface area contributed by atoms with Gasteiger partial charge in [-0.05, 0) is 25.0 Å². The smallest absolute Gasteiger partial charge is 0.323 e. The summed E-state index contributed by atoms with van der Waals surface area (Å²) >= 11 is 1.44. The van der Waals surface area contributed by atoms with Crippen LogP contribution in [0.15, 0.2) is 29.2 Å². The van der Waals surface area contributed by atoms with Crippen molar-refractivity contribution in [3.63, 3.8) is 0 Å². The number of amides is 1. The molecule has 1 aromatic carbocycles. The molecule has 0 spiro atoms. The molecule has 0 bridgehead atoms. The summed E-state index contributed by atoms with van der Waals surface area (Å²) in [4.78, 5) is 25.3. The predicted molar refractivity (Wildman–Crippen MR) is 81.0 cm³/mol. The zero-order valence-corrected chi connectivity index (χ0v) is 12.9. The molecular weight excluding hydrogens is 274 g/mol. The Morgan fingerprint density at radius 3 is 2.35 bits per heavy atom. The zero-order chi connectivity index (χ0) is 15.1. The van der Waals surface area contributed by atoms with Gasteiger partial charge in [0.2, 0.25) is 5.91 Å². The van der Waals surface area contributed by atoms with E-state index in [9.17, 15) is 9.59 Å². The second kappa shape index (κ2) is 7.94. The molecule has 110 valence electrons. The molecule has 0 aromatic heterocycles. The SMILES string of the molecule is Cc1ccc(SCC(=O)N(CC(=O)O)CC(C)C)cc1. The first-order valence-corrected chi connectivity index (χ1v) is 7.56. The van der Waals surface area contributed by atoms with Gasteiger partial charge in [-0.1, -0.05) is 31.5 Å². The lowest BCUT2D eigenvalue weighted by Crippen LogP contribution is -2.39. The number of thioether (sulfide) groups is 1. The van der Waals surface area contributed by atoms with Gasteiger partial charge in [-0.15, -0.1) is 11.8 Å². The summed E-state index contributed by atoms with van der Waals surface area (Å²) in [6, 6.07) is 7.93. The van der Waals surface area contributed by atoms with Gasteiger partial charge in [0, 0.05) is 11.4 Å². The number of rotatable bonds is 7. The van der Waals surface area contributed by atoms with Crippen LogP contribution in [0.25, 0.3) is 0 Å². The number of carboxylic acid groups (broad SMARTS) is 1. The van der Waals surface area contributed by atoms with E-state index in [-0.39, 0.29) is 24.1 Å². The first-order valence-electron chi connectivity index (χ1n) is 6.57. The van der Waals surface area contributed by atoms with E-state index >= 15 is 0 Å². The highest BCUT2D eigenvalue weighted by molar-refractivity contribution is 8.00. The second-order valence-electron chi connectivity index (χ2n) is 5.16. The summed E-state index contributed by atoms with van der Waals surface area (Å²) < 4.78 is 0. The first kappa shape index (κ1) is 16.6. The van der Waals surface area contributed by atoms with E-state index in [0.29, 0.717) is 6.54 Å². The van der Waals surface area contributed by atoms with E-state index in [1.165, 1.54) is 22.2 Å². The first-order chi connectivity index (χ1) is 9.38. The number of hydrogen-bond donors (Lipinski definition) is 1. The number of carbonyl (C=O) groups excluding carboxylic acids is 1. The lowest BCUT2D eigenvalue weighted by molar-refractivity contribution is -0.143. The maximum Gasteiger partial charge on any atom is 0.323 e. The number of aryl methyl sites for hydroxylation is 1. The standard InChI is InChI=1S/C15H21NO3S/c1-11(2)8-16(9-15(18)19)14(17)10-20-13-6-4-12(3)5-7-13/h4-7,11H,8-10H2,1-3H3,(H,18,19). The highest BCUT2D eigenvalue weighted by Gasteiger charge is 2.17. The molecule has 0 saturated heterocycles. The Morgan fingerprint density at radius 2 is 1.85 bits per heavy atom. The summed E-state index contributed by atoms with van der Waals surface area (Å²) in [5.41, 5.74) is 1.17. The summed E-state index contributed by atoms with van der Waals surface area (Å²) in [6.45, 7) is 6.19. The number of carbonyl (C=O) groups is 2. The minimum absolute atomic E-state index is 0.133. The number of nitrogens with zero attached hydrogens (tertiary/aromatic N) is 1. The number of benzene rings is 1. The largest absolute Gasteiger partial charge is 0.480 e. The molecule has 1 N–H and O–H groups in total. The molecule has 0 unspecified atom stereocenters. The van der Waals surface area contributed by atoms with Gasteiger partial charge in [-0.2, -0.15) is 0 Å². The number of aliphatic carboxylic acids is 1. The molecule has 5 heteroatoms.